The van der Waals surface area contributed by atoms with Crippen molar-refractivity contribution in [3.8, 4) is 0 Å². The van der Waals surface area contributed by atoms with Crippen LogP contribution in [0.5, 0.6) is 0 Å². The van der Waals surface area contributed by atoms with Crippen LogP contribution in [0.2, 0.25) is 0 Å². The van der Waals surface area contributed by atoms with Gasteiger partial charge in [0.25, 0.3) is 5.56 Å². The van der Waals surface area contributed by atoms with E-state index < -0.39 is 0 Å². The first-order valence-corrected chi connectivity index (χ1v) is 7.72. The molecule has 1 N–H and O–H groups in total. The lowest BCUT2D eigenvalue weighted by Crippen LogP contribution is -2.45. The minimum absolute atomic E-state index is 0.0726. The number of para-hydroxylation sites is 1. The Hall–Kier alpha value is -1.76. The molecule has 2 aliphatic heterocycles. The Bertz CT molecular complexity index is 727. The van der Waals surface area contributed by atoms with E-state index in [2.05, 4.69) is 14.9 Å². The number of rotatable bonds is 2. The second-order valence-electron chi connectivity index (χ2n) is 5.91. The van der Waals surface area contributed by atoms with Gasteiger partial charge in [0.05, 0.1) is 30.7 Å². The first-order chi connectivity index (χ1) is 10.7. The first-order valence-electron chi connectivity index (χ1n) is 7.72. The highest BCUT2D eigenvalue weighted by Crippen LogP contribution is 2.31. The lowest BCUT2D eigenvalue weighted by atomic mass is 10.0. The maximum absolute atomic E-state index is 12.1. The summed E-state index contributed by atoms with van der Waals surface area (Å²) in [6, 6.07) is 7.42. The van der Waals surface area contributed by atoms with E-state index in [1.807, 2.05) is 18.2 Å². The summed E-state index contributed by atoms with van der Waals surface area (Å²) in [7, 11) is 0. The van der Waals surface area contributed by atoms with E-state index in [9.17, 15) is 4.79 Å². The highest BCUT2D eigenvalue weighted by atomic mass is 16.7. The van der Waals surface area contributed by atoms with Gasteiger partial charge in [-0.05, 0) is 12.1 Å². The van der Waals surface area contributed by atoms with Crippen LogP contribution >= 0.6 is 0 Å². The molecule has 2 saturated heterocycles. The van der Waals surface area contributed by atoms with Gasteiger partial charge >= 0.3 is 0 Å². The predicted molar refractivity (Wildman–Crippen MR) is 81.5 cm³/mol. The largest absolute Gasteiger partial charge is 0.347 e. The Balaban J connectivity index is 1.49. The SMILES string of the molecule is O=c1[nH]c(CN2CCC3(CC2)OCCO3)nc2ccccc12. The molecule has 0 radical (unpaired) electrons. The topological polar surface area (TPSA) is 67.5 Å². The van der Waals surface area contributed by atoms with Crippen LogP contribution < -0.4 is 5.56 Å². The quantitative estimate of drug-likeness (QED) is 0.904. The van der Waals surface area contributed by atoms with Gasteiger partial charge in [0.15, 0.2) is 5.79 Å². The number of likely N-dealkylation sites (tertiary alicyclic amines) is 1. The summed E-state index contributed by atoms with van der Waals surface area (Å²) < 4.78 is 11.5. The van der Waals surface area contributed by atoms with Crippen molar-refractivity contribution < 1.29 is 9.47 Å². The number of hydrogen-bond acceptors (Lipinski definition) is 5. The van der Waals surface area contributed by atoms with Crippen LogP contribution in [0.4, 0.5) is 0 Å². The van der Waals surface area contributed by atoms with Crippen LogP contribution in [0.1, 0.15) is 18.7 Å². The van der Waals surface area contributed by atoms with E-state index in [1.54, 1.807) is 6.07 Å². The molecular formula is C16H19N3O3. The molecule has 1 aromatic heterocycles. The van der Waals surface area contributed by atoms with Crippen LogP contribution in [0.3, 0.4) is 0 Å². The average Bonchev–Trinajstić information content (AvgIpc) is 2.98. The molecule has 3 heterocycles. The lowest BCUT2D eigenvalue weighted by molar-refractivity contribution is -0.185. The van der Waals surface area contributed by atoms with Gasteiger partial charge in [0, 0.05) is 25.9 Å². The van der Waals surface area contributed by atoms with Crippen molar-refractivity contribution in [1.29, 1.82) is 0 Å². The molecule has 2 fully saturated rings. The van der Waals surface area contributed by atoms with E-state index in [-0.39, 0.29) is 11.3 Å². The number of nitrogens with one attached hydrogen (secondary N) is 1. The molecule has 22 heavy (non-hydrogen) atoms. The minimum Gasteiger partial charge on any atom is -0.347 e. The summed E-state index contributed by atoms with van der Waals surface area (Å²) in [4.78, 5) is 21.8. The van der Waals surface area contributed by atoms with E-state index in [1.165, 1.54) is 0 Å². The van der Waals surface area contributed by atoms with Gasteiger partial charge in [0.2, 0.25) is 0 Å². The van der Waals surface area contributed by atoms with E-state index in [4.69, 9.17) is 9.47 Å². The van der Waals surface area contributed by atoms with Gasteiger partial charge in [-0.25, -0.2) is 4.98 Å². The van der Waals surface area contributed by atoms with Gasteiger partial charge in [-0.2, -0.15) is 0 Å². The molecule has 1 aromatic carbocycles. The zero-order chi connectivity index (χ0) is 15.0. The van der Waals surface area contributed by atoms with E-state index in [0.717, 1.165) is 31.4 Å². The zero-order valence-corrected chi connectivity index (χ0v) is 12.4. The highest BCUT2D eigenvalue weighted by molar-refractivity contribution is 5.77. The number of benzene rings is 1. The third-order valence-corrected chi connectivity index (χ3v) is 4.47. The number of ether oxygens (including phenoxy) is 2. The Morgan fingerprint density at radius 3 is 2.68 bits per heavy atom. The number of fused-ring (bicyclic) bond motifs is 1. The van der Waals surface area contributed by atoms with Crippen molar-refractivity contribution in [3.63, 3.8) is 0 Å². The molecule has 116 valence electrons. The van der Waals surface area contributed by atoms with Crippen molar-refractivity contribution in [2.75, 3.05) is 26.3 Å². The molecule has 1 spiro atoms. The van der Waals surface area contributed by atoms with E-state index in [0.29, 0.717) is 31.0 Å². The molecule has 6 heteroatoms. The summed E-state index contributed by atoms with van der Waals surface area (Å²) in [6.07, 6.45) is 1.73. The summed E-state index contributed by atoms with van der Waals surface area (Å²) in [5, 5.41) is 0.636. The molecule has 4 rings (SSSR count). The standard InChI is InChI=1S/C16H19N3O3/c20-15-12-3-1-2-4-13(12)17-14(18-15)11-19-7-5-16(6-8-19)21-9-10-22-16/h1-4H,5-11H2,(H,17,18,20). The Morgan fingerprint density at radius 2 is 1.91 bits per heavy atom. The molecule has 2 aliphatic rings. The van der Waals surface area contributed by atoms with Gasteiger partial charge in [-0.1, -0.05) is 12.1 Å². The second kappa shape index (κ2) is 5.46. The molecular weight excluding hydrogens is 282 g/mol. The maximum atomic E-state index is 12.1. The van der Waals surface area contributed by atoms with Crippen LogP contribution in [0, 0.1) is 0 Å². The molecule has 0 aliphatic carbocycles. The molecule has 0 atom stereocenters. The van der Waals surface area contributed by atoms with Crippen LogP contribution in [0.15, 0.2) is 29.1 Å². The third-order valence-electron chi connectivity index (χ3n) is 4.47. The van der Waals surface area contributed by atoms with Crippen LogP contribution in [-0.2, 0) is 16.0 Å². The molecule has 0 amide bonds. The number of aromatic nitrogens is 2. The fraction of sp³-hybridized carbons (Fsp3) is 0.500. The summed E-state index contributed by atoms with van der Waals surface area (Å²) in [5.74, 6) is 0.355. The number of H-pyrrole nitrogens is 1. The zero-order valence-electron chi connectivity index (χ0n) is 12.4. The van der Waals surface area contributed by atoms with Gasteiger partial charge in [0.1, 0.15) is 5.82 Å². The number of piperidine rings is 1. The summed E-state index contributed by atoms with van der Waals surface area (Å²) >= 11 is 0. The predicted octanol–water partition coefficient (Wildman–Crippen LogP) is 1.26. The van der Waals surface area contributed by atoms with Crippen molar-refractivity contribution in [1.82, 2.24) is 14.9 Å². The van der Waals surface area contributed by atoms with E-state index >= 15 is 0 Å². The van der Waals surface area contributed by atoms with Gasteiger partial charge < -0.3 is 14.5 Å². The number of aromatic amines is 1. The monoisotopic (exact) mass is 301 g/mol. The molecule has 2 aromatic rings. The van der Waals surface area contributed by atoms with Gasteiger partial charge in [-0.15, -0.1) is 0 Å². The second-order valence-corrected chi connectivity index (χ2v) is 5.91. The Labute approximate surface area is 128 Å². The molecule has 0 saturated carbocycles. The van der Waals surface area contributed by atoms with Gasteiger partial charge in [-0.3, -0.25) is 9.69 Å². The van der Waals surface area contributed by atoms with Crippen molar-refractivity contribution in [2.45, 2.75) is 25.2 Å². The molecule has 6 nitrogen and oxygen atoms in total. The number of nitrogens with zero attached hydrogens (tertiary/aromatic N) is 2. The Morgan fingerprint density at radius 1 is 1.18 bits per heavy atom. The van der Waals surface area contributed by atoms with Crippen LogP contribution in [0.25, 0.3) is 10.9 Å². The number of hydrogen-bond donors (Lipinski definition) is 1. The highest BCUT2D eigenvalue weighted by Gasteiger charge is 2.39. The minimum atomic E-state index is -0.360. The van der Waals surface area contributed by atoms with Crippen molar-refractivity contribution in [3.05, 3.63) is 40.4 Å². The molecule has 0 bridgehead atoms. The maximum Gasteiger partial charge on any atom is 0.258 e. The Kier molecular flexibility index (Phi) is 3.44. The molecule has 0 unspecified atom stereocenters. The summed E-state index contributed by atoms with van der Waals surface area (Å²) in [6.45, 7) is 3.81. The summed E-state index contributed by atoms with van der Waals surface area (Å²) in [5.41, 5.74) is 0.675. The average molecular weight is 301 g/mol. The third kappa shape index (κ3) is 2.54. The smallest absolute Gasteiger partial charge is 0.258 e. The first kappa shape index (κ1) is 13.9. The van der Waals surface area contributed by atoms with Crippen LogP contribution in [-0.4, -0.2) is 47.0 Å². The fourth-order valence-corrected chi connectivity index (χ4v) is 3.26. The normalized spacial score (nSPS) is 21.6. The van der Waals surface area contributed by atoms with Crippen molar-refractivity contribution in [2.24, 2.45) is 0 Å². The van der Waals surface area contributed by atoms with Crippen molar-refractivity contribution >= 4 is 10.9 Å². The lowest BCUT2D eigenvalue weighted by Gasteiger charge is -2.37. The fourth-order valence-electron chi connectivity index (χ4n) is 3.26.